The Bertz CT molecular complexity index is 308. The highest BCUT2D eigenvalue weighted by atomic mass is 16.1. The van der Waals surface area contributed by atoms with Gasteiger partial charge in [0.05, 0.1) is 0 Å². The lowest BCUT2D eigenvalue weighted by Gasteiger charge is -2.62. The van der Waals surface area contributed by atoms with E-state index in [-0.39, 0.29) is 0 Å². The molecule has 0 aromatic rings. The van der Waals surface area contributed by atoms with E-state index in [2.05, 4.69) is 5.32 Å². The van der Waals surface area contributed by atoms with Gasteiger partial charge in [0.2, 0.25) is 5.91 Å². The lowest BCUT2D eigenvalue weighted by Crippen LogP contribution is -2.57. The van der Waals surface area contributed by atoms with Crippen LogP contribution in [0.25, 0.3) is 0 Å². The number of hydrogen-bond acceptors (Lipinski definition) is 1. The molecule has 0 aromatic heterocycles. The van der Waals surface area contributed by atoms with Crippen LogP contribution in [0.4, 0.5) is 0 Å². The fourth-order valence-corrected chi connectivity index (χ4v) is 5.70. The number of carbonyl (C=O) groups excluding carboxylic acids is 1. The fourth-order valence-electron chi connectivity index (χ4n) is 5.70. The van der Waals surface area contributed by atoms with Gasteiger partial charge in [0.25, 0.3) is 0 Å². The van der Waals surface area contributed by atoms with Crippen LogP contribution < -0.4 is 5.32 Å². The van der Waals surface area contributed by atoms with Crippen molar-refractivity contribution < 1.29 is 4.79 Å². The summed E-state index contributed by atoms with van der Waals surface area (Å²) in [5, 5.41) is 3.03. The zero-order valence-corrected chi connectivity index (χ0v) is 9.87. The minimum atomic E-state index is 0.332. The van der Waals surface area contributed by atoms with Crippen molar-refractivity contribution in [3.63, 3.8) is 0 Å². The molecule has 0 atom stereocenters. The van der Waals surface area contributed by atoms with Crippen LogP contribution in [0.15, 0.2) is 0 Å². The van der Waals surface area contributed by atoms with E-state index >= 15 is 0 Å². The predicted molar refractivity (Wildman–Crippen MR) is 61.7 cm³/mol. The highest BCUT2D eigenvalue weighted by molar-refractivity contribution is 5.77. The van der Waals surface area contributed by atoms with Gasteiger partial charge in [-0.05, 0) is 67.6 Å². The van der Waals surface area contributed by atoms with Gasteiger partial charge in [-0.15, -0.1) is 0 Å². The zero-order valence-electron chi connectivity index (χ0n) is 9.87. The van der Waals surface area contributed by atoms with Crippen LogP contribution in [0.5, 0.6) is 0 Å². The summed E-state index contributed by atoms with van der Waals surface area (Å²) in [7, 11) is 0. The van der Waals surface area contributed by atoms with E-state index in [0.717, 1.165) is 36.6 Å². The van der Waals surface area contributed by atoms with Gasteiger partial charge in [-0.1, -0.05) is 0 Å². The minimum absolute atomic E-state index is 0.332. The Morgan fingerprint density at radius 1 is 1.00 bits per heavy atom. The van der Waals surface area contributed by atoms with Gasteiger partial charge in [-0.25, -0.2) is 0 Å². The van der Waals surface area contributed by atoms with E-state index in [1.54, 1.807) is 0 Å². The number of hydrogen-bond donors (Lipinski definition) is 1. The maximum Gasteiger partial charge on any atom is 0.220 e. The van der Waals surface area contributed by atoms with Crippen molar-refractivity contribution >= 4 is 5.91 Å². The molecule has 0 radical (unpaired) electrons. The molecule has 1 spiro atoms. The van der Waals surface area contributed by atoms with E-state index in [1.807, 2.05) is 0 Å². The van der Waals surface area contributed by atoms with E-state index in [1.165, 1.54) is 38.5 Å². The molecule has 0 aromatic carbocycles. The first-order chi connectivity index (χ1) is 7.76. The first-order valence-corrected chi connectivity index (χ1v) is 7.03. The Morgan fingerprint density at radius 3 is 2.19 bits per heavy atom. The van der Waals surface area contributed by atoms with Gasteiger partial charge in [0.15, 0.2) is 0 Å². The smallest absolute Gasteiger partial charge is 0.220 e. The highest BCUT2D eigenvalue weighted by Crippen LogP contribution is 2.65. The summed E-state index contributed by atoms with van der Waals surface area (Å²) in [6.07, 6.45) is 9.41. The largest absolute Gasteiger partial charge is 0.356 e. The minimum Gasteiger partial charge on any atom is -0.356 e. The highest BCUT2D eigenvalue weighted by Gasteiger charge is 2.57. The fraction of sp³-hybridized carbons (Fsp3) is 0.929. The summed E-state index contributed by atoms with van der Waals surface area (Å²) < 4.78 is 0. The van der Waals surface area contributed by atoms with E-state index in [4.69, 9.17) is 0 Å². The Kier molecular flexibility index (Phi) is 1.79. The van der Waals surface area contributed by atoms with Crippen LogP contribution in [-0.4, -0.2) is 12.5 Å². The van der Waals surface area contributed by atoms with Crippen LogP contribution >= 0.6 is 0 Å². The monoisotopic (exact) mass is 219 g/mol. The summed E-state index contributed by atoms with van der Waals surface area (Å²) in [5.74, 6) is 4.18. The van der Waals surface area contributed by atoms with Crippen molar-refractivity contribution in [2.75, 3.05) is 6.54 Å². The molecule has 5 rings (SSSR count). The number of carbonyl (C=O) groups is 1. The molecule has 1 saturated heterocycles. The predicted octanol–water partition coefficient (Wildman–Crippen LogP) is 2.34. The summed E-state index contributed by atoms with van der Waals surface area (Å²) in [5.41, 5.74) is 0.440. The quantitative estimate of drug-likeness (QED) is 0.665. The van der Waals surface area contributed by atoms with Crippen molar-refractivity contribution in [3.8, 4) is 0 Å². The molecule has 4 saturated carbocycles. The molecule has 5 aliphatic rings. The maximum absolute atomic E-state index is 11.7. The molecule has 4 bridgehead atoms. The second kappa shape index (κ2) is 3.02. The van der Waals surface area contributed by atoms with E-state index < -0.39 is 0 Å². The Hall–Kier alpha value is -0.530. The lowest BCUT2D eigenvalue weighted by molar-refractivity contribution is -0.149. The molecule has 1 aliphatic heterocycles. The third-order valence-electron chi connectivity index (χ3n) is 6.17. The van der Waals surface area contributed by atoms with Crippen LogP contribution in [0.2, 0.25) is 0 Å². The van der Waals surface area contributed by atoms with Crippen molar-refractivity contribution in [2.45, 2.75) is 44.9 Å². The van der Waals surface area contributed by atoms with Crippen LogP contribution in [0, 0.1) is 29.1 Å². The molecule has 16 heavy (non-hydrogen) atoms. The molecule has 88 valence electrons. The molecule has 1 heterocycles. The molecule has 1 N–H and O–H groups in total. The van der Waals surface area contributed by atoms with Crippen molar-refractivity contribution in [2.24, 2.45) is 29.1 Å². The lowest BCUT2D eigenvalue weighted by atomic mass is 9.43. The van der Waals surface area contributed by atoms with Gasteiger partial charge in [0, 0.05) is 13.0 Å². The van der Waals surface area contributed by atoms with E-state index in [0.29, 0.717) is 11.3 Å². The molecule has 4 aliphatic carbocycles. The van der Waals surface area contributed by atoms with Crippen LogP contribution in [0.3, 0.4) is 0 Å². The van der Waals surface area contributed by atoms with Crippen LogP contribution in [-0.2, 0) is 4.79 Å². The number of amides is 1. The van der Waals surface area contributed by atoms with E-state index in [9.17, 15) is 4.79 Å². The summed E-state index contributed by atoms with van der Waals surface area (Å²) >= 11 is 0. The number of piperidine rings is 1. The van der Waals surface area contributed by atoms with Crippen molar-refractivity contribution in [1.29, 1.82) is 0 Å². The third-order valence-corrected chi connectivity index (χ3v) is 6.17. The van der Waals surface area contributed by atoms with Gasteiger partial charge < -0.3 is 5.32 Å². The first-order valence-electron chi connectivity index (χ1n) is 7.03. The molecular formula is C14H21NO. The molecule has 2 heteroatoms. The molecule has 0 unspecified atom stereocenters. The average Bonchev–Trinajstić information content (AvgIpc) is 2.25. The van der Waals surface area contributed by atoms with Gasteiger partial charge in [-0.3, -0.25) is 4.79 Å². The Balaban J connectivity index is 1.70. The van der Waals surface area contributed by atoms with Gasteiger partial charge in [0.1, 0.15) is 0 Å². The summed E-state index contributed by atoms with van der Waals surface area (Å²) in [4.78, 5) is 11.7. The molecule has 5 fully saturated rings. The molecule has 2 nitrogen and oxygen atoms in total. The first kappa shape index (κ1) is 9.49. The zero-order chi connectivity index (χ0) is 10.8. The second-order valence-electron chi connectivity index (χ2n) is 6.81. The summed E-state index contributed by atoms with van der Waals surface area (Å²) in [6.45, 7) is 0.946. The van der Waals surface area contributed by atoms with Gasteiger partial charge in [-0.2, -0.15) is 0 Å². The average molecular weight is 219 g/mol. The molecular weight excluding hydrogens is 198 g/mol. The van der Waals surface area contributed by atoms with Gasteiger partial charge >= 0.3 is 0 Å². The number of nitrogens with one attached hydrogen (secondary N) is 1. The Labute approximate surface area is 97.2 Å². The topological polar surface area (TPSA) is 29.1 Å². The SMILES string of the molecule is O=C1CC2(CCN1)C1CC3CC(C1)CC2C3. The molecule has 1 amide bonds. The number of rotatable bonds is 0. The maximum atomic E-state index is 11.7. The standard InChI is InChI=1S/C14H21NO/c16-13-8-14(1-2-15-13)11-4-9-3-10(6-11)7-12(14)5-9/h9-12H,1-8H2,(H,15,16). The van der Waals surface area contributed by atoms with Crippen LogP contribution in [0.1, 0.15) is 44.9 Å². The summed E-state index contributed by atoms with van der Waals surface area (Å²) in [6, 6.07) is 0. The Morgan fingerprint density at radius 2 is 1.62 bits per heavy atom. The third kappa shape index (κ3) is 1.11. The second-order valence-corrected chi connectivity index (χ2v) is 6.81. The van der Waals surface area contributed by atoms with Crippen molar-refractivity contribution in [1.82, 2.24) is 5.32 Å². The normalized spacial score (nSPS) is 54.4. The van der Waals surface area contributed by atoms with Crippen molar-refractivity contribution in [3.05, 3.63) is 0 Å².